The standard InChI is InChI=1S/C29H31N3O/c1-4-12-25(22-13-8-6-9-14-22)30-29(33)27-26(23-19-17-21(3)18-20-23)31-28(32(27)5-2)24-15-10-7-11-16-24/h6-11,13-20,25H,4-5,12H2,1-3H3,(H,30,33). The Kier molecular flexibility index (Phi) is 7.04. The van der Waals surface area contributed by atoms with Crippen molar-refractivity contribution in [2.75, 3.05) is 0 Å². The largest absolute Gasteiger partial charge is 0.344 e. The minimum absolute atomic E-state index is 0.0463. The van der Waals surface area contributed by atoms with Crippen LogP contribution >= 0.6 is 0 Å². The molecule has 4 aromatic rings. The number of benzene rings is 3. The van der Waals surface area contributed by atoms with Crippen molar-refractivity contribution >= 4 is 5.91 Å². The highest BCUT2D eigenvalue weighted by molar-refractivity contribution is 5.99. The lowest BCUT2D eigenvalue weighted by Gasteiger charge is -2.20. The number of aromatic nitrogens is 2. The number of rotatable bonds is 8. The summed E-state index contributed by atoms with van der Waals surface area (Å²) in [5.74, 6) is 0.718. The summed E-state index contributed by atoms with van der Waals surface area (Å²) in [5.41, 5.74) is 5.57. The van der Waals surface area contributed by atoms with E-state index in [1.165, 1.54) is 5.56 Å². The number of hydrogen-bond donors (Lipinski definition) is 1. The first kappa shape index (κ1) is 22.5. The third kappa shape index (κ3) is 4.90. The number of hydrogen-bond acceptors (Lipinski definition) is 2. The van der Waals surface area contributed by atoms with Crippen LogP contribution in [0.5, 0.6) is 0 Å². The minimum atomic E-state index is -0.0931. The first-order valence-electron chi connectivity index (χ1n) is 11.7. The molecule has 1 unspecified atom stereocenters. The zero-order chi connectivity index (χ0) is 23.2. The molecule has 1 N–H and O–H groups in total. The van der Waals surface area contributed by atoms with Crippen molar-refractivity contribution in [1.29, 1.82) is 0 Å². The monoisotopic (exact) mass is 437 g/mol. The molecule has 0 spiro atoms. The number of nitrogens with one attached hydrogen (secondary N) is 1. The van der Waals surface area contributed by atoms with Crippen molar-refractivity contribution in [3.63, 3.8) is 0 Å². The fourth-order valence-electron chi connectivity index (χ4n) is 4.23. The molecule has 0 aliphatic heterocycles. The van der Waals surface area contributed by atoms with Crippen LogP contribution in [-0.2, 0) is 6.54 Å². The molecule has 3 aromatic carbocycles. The van der Waals surface area contributed by atoms with E-state index < -0.39 is 0 Å². The highest BCUT2D eigenvalue weighted by Gasteiger charge is 2.26. The first-order valence-corrected chi connectivity index (χ1v) is 11.7. The summed E-state index contributed by atoms with van der Waals surface area (Å²) < 4.78 is 2.04. The molecule has 0 aliphatic rings. The SMILES string of the molecule is CCCC(NC(=O)c1c(-c2ccc(C)cc2)nc(-c2ccccc2)n1CC)c1ccccc1. The Hall–Kier alpha value is -3.66. The van der Waals surface area contributed by atoms with Crippen molar-refractivity contribution in [2.45, 2.75) is 46.2 Å². The van der Waals surface area contributed by atoms with Crippen molar-refractivity contribution < 1.29 is 4.79 Å². The molecule has 0 fully saturated rings. The molecular formula is C29H31N3O. The second kappa shape index (κ2) is 10.3. The number of amides is 1. The highest BCUT2D eigenvalue weighted by Crippen LogP contribution is 2.31. The average Bonchev–Trinajstić information content (AvgIpc) is 3.25. The molecule has 4 nitrogen and oxygen atoms in total. The third-order valence-corrected chi connectivity index (χ3v) is 5.94. The van der Waals surface area contributed by atoms with Crippen LogP contribution in [-0.4, -0.2) is 15.5 Å². The fraction of sp³-hybridized carbons (Fsp3) is 0.241. The van der Waals surface area contributed by atoms with Crippen LogP contribution in [0.4, 0.5) is 0 Å². The Morgan fingerprint density at radius 1 is 0.879 bits per heavy atom. The molecule has 1 atom stereocenters. The highest BCUT2D eigenvalue weighted by atomic mass is 16.2. The lowest BCUT2D eigenvalue weighted by Crippen LogP contribution is -2.30. The van der Waals surface area contributed by atoms with Crippen LogP contribution in [0.15, 0.2) is 84.9 Å². The van der Waals surface area contributed by atoms with Gasteiger partial charge in [0, 0.05) is 17.7 Å². The molecular weight excluding hydrogens is 406 g/mol. The Morgan fingerprint density at radius 3 is 2.12 bits per heavy atom. The summed E-state index contributed by atoms with van der Waals surface area (Å²) in [7, 11) is 0. The molecule has 0 radical (unpaired) electrons. The number of aryl methyl sites for hydroxylation is 1. The van der Waals surface area contributed by atoms with E-state index in [1.807, 2.05) is 65.2 Å². The van der Waals surface area contributed by atoms with Gasteiger partial charge >= 0.3 is 0 Å². The third-order valence-electron chi connectivity index (χ3n) is 5.94. The van der Waals surface area contributed by atoms with E-state index >= 15 is 0 Å². The molecule has 1 amide bonds. The molecule has 168 valence electrons. The number of carbonyl (C=O) groups is 1. The van der Waals surface area contributed by atoms with Crippen LogP contribution < -0.4 is 5.32 Å². The van der Waals surface area contributed by atoms with Gasteiger partial charge in [0.25, 0.3) is 5.91 Å². The summed E-state index contributed by atoms with van der Waals surface area (Å²) in [6.07, 6.45) is 1.86. The topological polar surface area (TPSA) is 46.9 Å². The molecule has 0 bridgehead atoms. The molecule has 4 heteroatoms. The summed E-state index contributed by atoms with van der Waals surface area (Å²) in [6, 6.07) is 28.4. The second-order valence-corrected chi connectivity index (χ2v) is 8.33. The zero-order valence-corrected chi connectivity index (χ0v) is 19.6. The maximum Gasteiger partial charge on any atom is 0.270 e. The predicted molar refractivity (Wildman–Crippen MR) is 135 cm³/mol. The van der Waals surface area contributed by atoms with Gasteiger partial charge in [-0.15, -0.1) is 0 Å². The minimum Gasteiger partial charge on any atom is -0.344 e. The summed E-state index contributed by atoms with van der Waals surface area (Å²) in [5, 5.41) is 3.31. The van der Waals surface area contributed by atoms with Crippen LogP contribution in [0, 0.1) is 6.92 Å². The maximum atomic E-state index is 13.8. The van der Waals surface area contributed by atoms with Gasteiger partial charge in [0.1, 0.15) is 17.2 Å². The van der Waals surface area contributed by atoms with Crippen molar-refractivity contribution in [3.8, 4) is 22.6 Å². The Balaban J connectivity index is 1.82. The number of nitrogens with zero attached hydrogens (tertiary/aromatic N) is 2. The van der Waals surface area contributed by atoms with Gasteiger partial charge in [0.15, 0.2) is 0 Å². The van der Waals surface area contributed by atoms with Gasteiger partial charge in [-0.2, -0.15) is 0 Å². The molecule has 0 aliphatic carbocycles. The number of carbonyl (C=O) groups excluding carboxylic acids is 1. The number of imidazole rings is 1. The van der Waals surface area contributed by atoms with Gasteiger partial charge in [-0.3, -0.25) is 4.79 Å². The molecule has 4 rings (SSSR count). The van der Waals surface area contributed by atoms with Crippen molar-refractivity contribution in [3.05, 3.63) is 102 Å². The lowest BCUT2D eigenvalue weighted by atomic mass is 10.0. The molecule has 0 saturated heterocycles. The van der Waals surface area contributed by atoms with Gasteiger partial charge in [0.05, 0.1) is 6.04 Å². The summed E-state index contributed by atoms with van der Waals surface area (Å²) in [4.78, 5) is 18.8. The van der Waals surface area contributed by atoms with E-state index in [9.17, 15) is 4.79 Å². The smallest absolute Gasteiger partial charge is 0.270 e. The Bertz CT molecular complexity index is 1200. The van der Waals surface area contributed by atoms with E-state index in [-0.39, 0.29) is 11.9 Å². The first-order chi connectivity index (χ1) is 16.1. The summed E-state index contributed by atoms with van der Waals surface area (Å²) >= 11 is 0. The van der Waals surface area contributed by atoms with Crippen molar-refractivity contribution in [1.82, 2.24) is 14.9 Å². The van der Waals surface area contributed by atoms with Gasteiger partial charge in [-0.1, -0.05) is 104 Å². The normalized spacial score (nSPS) is 11.8. The maximum absolute atomic E-state index is 13.8. The molecule has 0 saturated carbocycles. The van der Waals surface area contributed by atoms with Gasteiger partial charge < -0.3 is 9.88 Å². The predicted octanol–water partition coefficient (Wildman–Crippen LogP) is 6.82. The van der Waals surface area contributed by atoms with Gasteiger partial charge in [-0.05, 0) is 25.8 Å². The lowest BCUT2D eigenvalue weighted by molar-refractivity contribution is 0.0926. The molecule has 1 aromatic heterocycles. The van der Waals surface area contributed by atoms with Crippen LogP contribution in [0.3, 0.4) is 0 Å². The summed E-state index contributed by atoms with van der Waals surface area (Å²) in [6.45, 7) is 6.91. The quantitative estimate of drug-likeness (QED) is 0.329. The van der Waals surface area contributed by atoms with Gasteiger partial charge in [-0.25, -0.2) is 4.98 Å². The fourth-order valence-corrected chi connectivity index (χ4v) is 4.23. The Labute approximate surface area is 196 Å². The van der Waals surface area contributed by atoms with E-state index in [2.05, 4.69) is 50.4 Å². The van der Waals surface area contributed by atoms with E-state index in [0.717, 1.165) is 41.1 Å². The van der Waals surface area contributed by atoms with Crippen LogP contribution in [0.1, 0.15) is 54.3 Å². The van der Waals surface area contributed by atoms with Crippen molar-refractivity contribution in [2.24, 2.45) is 0 Å². The molecule has 1 heterocycles. The Morgan fingerprint density at radius 2 is 1.52 bits per heavy atom. The van der Waals surface area contributed by atoms with Gasteiger partial charge in [0.2, 0.25) is 0 Å². The van der Waals surface area contributed by atoms with E-state index in [4.69, 9.17) is 4.98 Å². The molecule has 33 heavy (non-hydrogen) atoms. The second-order valence-electron chi connectivity index (χ2n) is 8.33. The van der Waals surface area contributed by atoms with Crippen LogP contribution in [0.25, 0.3) is 22.6 Å². The van der Waals surface area contributed by atoms with Crippen LogP contribution in [0.2, 0.25) is 0 Å². The van der Waals surface area contributed by atoms with E-state index in [0.29, 0.717) is 12.2 Å². The van der Waals surface area contributed by atoms with E-state index in [1.54, 1.807) is 0 Å². The average molecular weight is 438 g/mol. The zero-order valence-electron chi connectivity index (χ0n) is 19.6.